The summed E-state index contributed by atoms with van der Waals surface area (Å²) in [6.45, 7) is 8.32. The van der Waals surface area contributed by atoms with Gasteiger partial charge in [-0.2, -0.15) is 5.10 Å². The van der Waals surface area contributed by atoms with Gasteiger partial charge in [-0.1, -0.05) is 11.6 Å². The van der Waals surface area contributed by atoms with Gasteiger partial charge in [-0.3, -0.25) is 0 Å². The Labute approximate surface area is 152 Å². The van der Waals surface area contributed by atoms with Gasteiger partial charge >= 0.3 is 0 Å². The number of fused-ring (bicyclic) bond motifs is 1. The Bertz CT molecular complexity index is 909. The first-order chi connectivity index (χ1) is 12.0. The van der Waals surface area contributed by atoms with Crippen molar-refractivity contribution in [1.82, 2.24) is 19.9 Å². The maximum atomic E-state index is 6.43. The molecule has 4 rings (SSSR count). The fraction of sp³-hybridized carbons (Fsp3) is 0.368. The summed E-state index contributed by atoms with van der Waals surface area (Å²) in [5.74, 6) is 0.926. The van der Waals surface area contributed by atoms with Gasteiger partial charge in [0.05, 0.1) is 17.4 Å². The van der Waals surface area contributed by atoms with Gasteiger partial charge in [-0.25, -0.2) is 9.50 Å². The molecule has 0 aromatic carbocycles. The zero-order valence-electron chi connectivity index (χ0n) is 14.7. The van der Waals surface area contributed by atoms with Crippen molar-refractivity contribution >= 4 is 22.9 Å². The smallest absolute Gasteiger partial charge is 0.130 e. The second-order valence-electron chi connectivity index (χ2n) is 6.99. The van der Waals surface area contributed by atoms with Crippen molar-refractivity contribution in [1.29, 1.82) is 0 Å². The number of hydrogen-bond donors (Lipinski definition) is 1. The van der Waals surface area contributed by atoms with E-state index in [9.17, 15) is 0 Å². The minimum Gasteiger partial charge on any atom is -0.353 e. The van der Waals surface area contributed by atoms with Crippen LogP contribution in [0.15, 0.2) is 36.7 Å². The van der Waals surface area contributed by atoms with Crippen molar-refractivity contribution in [2.45, 2.75) is 32.9 Å². The number of aryl methyl sites for hydroxylation is 1. The van der Waals surface area contributed by atoms with E-state index in [1.54, 1.807) is 0 Å². The Hall–Kier alpha value is -2.11. The highest BCUT2D eigenvalue weighted by atomic mass is 35.5. The third kappa shape index (κ3) is 3.22. The van der Waals surface area contributed by atoms with E-state index in [0.29, 0.717) is 17.1 Å². The van der Waals surface area contributed by atoms with Crippen molar-refractivity contribution < 1.29 is 0 Å². The first-order valence-corrected chi connectivity index (χ1v) is 9.00. The number of pyridine rings is 2. The number of piperazine rings is 1. The predicted molar refractivity (Wildman–Crippen MR) is 102 cm³/mol. The molecule has 4 heterocycles. The van der Waals surface area contributed by atoms with E-state index in [4.69, 9.17) is 16.6 Å². The zero-order chi connectivity index (χ0) is 17.6. The van der Waals surface area contributed by atoms with Crippen LogP contribution in [0.1, 0.15) is 19.4 Å². The van der Waals surface area contributed by atoms with Crippen LogP contribution in [0, 0.1) is 6.92 Å². The summed E-state index contributed by atoms with van der Waals surface area (Å²) in [5.41, 5.74) is 4.11. The summed E-state index contributed by atoms with van der Waals surface area (Å²) in [6, 6.07) is 8.89. The fourth-order valence-corrected chi connectivity index (χ4v) is 3.78. The lowest BCUT2D eigenvalue weighted by Crippen LogP contribution is -2.54. The lowest BCUT2D eigenvalue weighted by atomic mass is 10.1. The standard InChI is InChI=1S/C19H22ClN5/c1-12-4-5-25-18(6-12)16(9-21-25)17-7-15(20)8-19(23-17)24-10-13(2)22-14(3)11-24/h4-9,13-14,22H,10-11H2,1-3H3/t13-,14+. The predicted octanol–water partition coefficient (Wildman–Crippen LogP) is 3.54. The summed E-state index contributed by atoms with van der Waals surface area (Å²) in [5, 5.41) is 8.69. The number of hydrogen-bond acceptors (Lipinski definition) is 4. The molecule has 1 saturated heterocycles. The Morgan fingerprint density at radius 1 is 1.16 bits per heavy atom. The van der Waals surface area contributed by atoms with Gasteiger partial charge in [-0.05, 0) is 50.6 Å². The second kappa shape index (κ2) is 6.32. The molecule has 6 heteroatoms. The van der Waals surface area contributed by atoms with Crippen LogP contribution in [0.25, 0.3) is 16.8 Å². The van der Waals surface area contributed by atoms with Crippen LogP contribution in [0.4, 0.5) is 5.82 Å². The first-order valence-electron chi connectivity index (χ1n) is 8.62. The molecule has 0 amide bonds. The first kappa shape index (κ1) is 16.4. The maximum Gasteiger partial charge on any atom is 0.130 e. The van der Waals surface area contributed by atoms with E-state index < -0.39 is 0 Å². The number of nitrogens with zero attached hydrogens (tertiary/aromatic N) is 4. The fourth-order valence-electron chi connectivity index (χ4n) is 3.58. The van der Waals surface area contributed by atoms with Crippen molar-refractivity contribution in [2.75, 3.05) is 18.0 Å². The molecule has 3 aromatic heterocycles. The summed E-state index contributed by atoms with van der Waals surface area (Å²) >= 11 is 6.43. The largest absolute Gasteiger partial charge is 0.353 e. The number of nitrogens with one attached hydrogen (secondary N) is 1. The molecule has 1 aliphatic heterocycles. The molecule has 0 spiro atoms. The SMILES string of the molecule is Cc1ccn2ncc(-c3cc(Cl)cc(N4C[C@@H](C)N[C@@H](C)C4)n3)c2c1. The van der Waals surface area contributed by atoms with Gasteiger partial charge in [0.25, 0.3) is 0 Å². The third-order valence-electron chi connectivity index (χ3n) is 4.61. The molecule has 0 aliphatic carbocycles. The average Bonchev–Trinajstić information content (AvgIpc) is 2.96. The molecule has 1 aliphatic rings. The Morgan fingerprint density at radius 2 is 1.92 bits per heavy atom. The summed E-state index contributed by atoms with van der Waals surface area (Å²) < 4.78 is 1.87. The second-order valence-corrected chi connectivity index (χ2v) is 7.43. The average molecular weight is 356 g/mol. The third-order valence-corrected chi connectivity index (χ3v) is 4.83. The highest BCUT2D eigenvalue weighted by Gasteiger charge is 2.23. The highest BCUT2D eigenvalue weighted by molar-refractivity contribution is 6.31. The van der Waals surface area contributed by atoms with E-state index in [1.165, 1.54) is 5.56 Å². The van der Waals surface area contributed by atoms with Gasteiger partial charge < -0.3 is 10.2 Å². The maximum absolute atomic E-state index is 6.43. The Kier molecular flexibility index (Phi) is 4.13. The normalized spacial score (nSPS) is 21.0. The van der Waals surface area contributed by atoms with Crippen LogP contribution in [-0.2, 0) is 0 Å². The van der Waals surface area contributed by atoms with Crippen molar-refractivity contribution in [3.05, 3.63) is 47.2 Å². The molecule has 3 aromatic rings. The van der Waals surface area contributed by atoms with Gasteiger partial charge in [0, 0.05) is 42.0 Å². The molecular weight excluding hydrogens is 334 g/mol. The number of anilines is 1. The van der Waals surface area contributed by atoms with E-state index in [1.807, 2.05) is 35.1 Å². The van der Waals surface area contributed by atoms with Gasteiger partial charge in [0.15, 0.2) is 0 Å². The minimum absolute atomic E-state index is 0.424. The van der Waals surface area contributed by atoms with Gasteiger partial charge in [0.1, 0.15) is 5.82 Å². The highest BCUT2D eigenvalue weighted by Crippen LogP contribution is 2.29. The summed E-state index contributed by atoms with van der Waals surface area (Å²) in [7, 11) is 0. The number of rotatable bonds is 2. The van der Waals surface area contributed by atoms with Crippen LogP contribution in [0.2, 0.25) is 5.02 Å². The zero-order valence-corrected chi connectivity index (χ0v) is 15.5. The van der Waals surface area contributed by atoms with E-state index >= 15 is 0 Å². The van der Waals surface area contributed by atoms with E-state index in [0.717, 1.165) is 35.7 Å². The molecule has 0 bridgehead atoms. The summed E-state index contributed by atoms with van der Waals surface area (Å²) in [6.07, 6.45) is 3.83. The molecule has 0 radical (unpaired) electrons. The molecule has 5 nitrogen and oxygen atoms in total. The minimum atomic E-state index is 0.424. The molecule has 130 valence electrons. The van der Waals surface area contributed by atoms with Crippen LogP contribution < -0.4 is 10.2 Å². The molecule has 1 N–H and O–H groups in total. The van der Waals surface area contributed by atoms with Crippen molar-refractivity contribution in [3.63, 3.8) is 0 Å². The molecule has 1 fully saturated rings. The summed E-state index contributed by atoms with van der Waals surface area (Å²) in [4.78, 5) is 7.21. The lowest BCUT2D eigenvalue weighted by Gasteiger charge is -2.37. The van der Waals surface area contributed by atoms with E-state index in [-0.39, 0.29) is 0 Å². The Balaban J connectivity index is 1.78. The van der Waals surface area contributed by atoms with Gasteiger partial charge in [-0.15, -0.1) is 0 Å². The van der Waals surface area contributed by atoms with Crippen LogP contribution in [0.5, 0.6) is 0 Å². The molecule has 25 heavy (non-hydrogen) atoms. The molecule has 0 unspecified atom stereocenters. The molecule has 2 atom stereocenters. The van der Waals surface area contributed by atoms with E-state index in [2.05, 4.69) is 42.2 Å². The van der Waals surface area contributed by atoms with Crippen LogP contribution in [0.3, 0.4) is 0 Å². The van der Waals surface area contributed by atoms with Crippen LogP contribution >= 0.6 is 11.6 Å². The molecule has 0 saturated carbocycles. The van der Waals surface area contributed by atoms with Crippen LogP contribution in [-0.4, -0.2) is 39.8 Å². The number of aromatic nitrogens is 3. The lowest BCUT2D eigenvalue weighted by molar-refractivity contribution is 0.405. The Morgan fingerprint density at radius 3 is 2.68 bits per heavy atom. The number of halogens is 1. The monoisotopic (exact) mass is 355 g/mol. The van der Waals surface area contributed by atoms with Crippen molar-refractivity contribution in [2.24, 2.45) is 0 Å². The van der Waals surface area contributed by atoms with Crippen molar-refractivity contribution in [3.8, 4) is 11.3 Å². The van der Waals surface area contributed by atoms with Gasteiger partial charge in [0.2, 0.25) is 0 Å². The molecular formula is C19H22ClN5. The topological polar surface area (TPSA) is 45.5 Å². The quantitative estimate of drug-likeness (QED) is 0.763.